The van der Waals surface area contributed by atoms with Crippen LogP contribution in [0.25, 0.3) is 0 Å². The van der Waals surface area contributed by atoms with Crippen molar-refractivity contribution in [1.29, 1.82) is 0 Å². The molecule has 1 N–H and O–H groups in total. The molecule has 142 valence electrons. The highest BCUT2D eigenvalue weighted by Crippen LogP contribution is 2.17. The molecule has 1 fully saturated rings. The Hall–Kier alpha value is -1.00. The van der Waals surface area contributed by atoms with Crippen molar-refractivity contribution in [3.63, 3.8) is 0 Å². The van der Waals surface area contributed by atoms with Crippen LogP contribution in [0.5, 0.6) is 0 Å². The van der Waals surface area contributed by atoms with Gasteiger partial charge in [-0.15, -0.1) is 0 Å². The van der Waals surface area contributed by atoms with Gasteiger partial charge in [-0.1, -0.05) is 26.0 Å². The minimum absolute atomic E-state index is 0.136. The highest BCUT2D eigenvalue weighted by atomic mass is 32.2. The fourth-order valence-electron chi connectivity index (χ4n) is 2.62. The lowest BCUT2D eigenvalue weighted by Crippen LogP contribution is -2.48. The van der Waals surface area contributed by atoms with Crippen LogP contribution in [0.15, 0.2) is 29.2 Å². The minimum Gasteiger partial charge on any atom is -0.304 e. The minimum atomic E-state index is -3.71. The number of rotatable bonds is 7. The zero-order chi connectivity index (χ0) is 18.7. The average molecular weight is 390 g/mol. The van der Waals surface area contributed by atoms with E-state index < -0.39 is 20.0 Å². The topological polar surface area (TPSA) is 86.8 Å². The summed E-state index contributed by atoms with van der Waals surface area (Å²) in [5.74, 6) is 0.0819. The first-order valence-corrected chi connectivity index (χ1v) is 11.5. The normalized spacial score (nSPS) is 17.9. The Bertz CT molecular complexity index is 766. The van der Waals surface area contributed by atoms with Crippen molar-refractivity contribution in [3.05, 3.63) is 29.8 Å². The van der Waals surface area contributed by atoms with Crippen molar-refractivity contribution >= 4 is 20.0 Å². The van der Waals surface area contributed by atoms with Crippen molar-refractivity contribution in [2.45, 2.75) is 24.7 Å². The molecule has 0 amide bonds. The molecule has 0 spiro atoms. The molecule has 7 nitrogen and oxygen atoms in total. The molecule has 9 heteroatoms. The summed E-state index contributed by atoms with van der Waals surface area (Å²) in [6, 6.07) is 6.65. The van der Waals surface area contributed by atoms with Crippen LogP contribution < -0.4 is 4.72 Å². The molecule has 0 radical (unpaired) electrons. The second-order valence-corrected chi connectivity index (χ2v) is 10.5. The third-order valence-electron chi connectivity index (χ3n) is 4.36. The molecule has 1 aliphatic heterocycles. The molecular formula is C16H27N3O4S2. The Morgan fingerprint density at radius 1 is 1.00 bits per heavy atom. The van der Waals surface area contributed by atoms with E-state index in [1.807, 2.05) is 20.9 Å². The maximum absolute atomic E-state index is 12.3. The summed E-state index contributed by atoms with van der Waals surface area (Å²) in [4.78, 5) is 2.21. The molecule has 0 aliphatic carbocycles. The average Bonchev–Trinajstić information content (AvgIpc) is 2.55. The molecule has 0 bridgehead atoms. The predicted molar refractivity (Wildman–Crippen MR) is 98.6 cm³/mol. The Kier molecular flexibility index (Phi) is 6.61. The monoisotopic (exact) mass is 389 g/mol. The molecule has 25 heavy (non-hydrogen) atoms. The van der Waals surface area contributed by atoms with E-state index in [4.69, 9.17) is 0 Å². The summed E-state index contributed by atoms with van der Waals surface area (Å²) in [5, 5.41) is 0. The first-order chi connectivity index (χ1) is 11.6. The van der Waals surface area contributed by atoms with Crippen molar-refractivity contribution in [2.24, 2.45) is 0 Å². The second-order valence-electron chi connectivity index (χ2n) is 6.64. The molecule has 0 unspecified atom stereocenters. The first-order valence-electron chi connectivity index (χ1n) is 8.38. The number of sulfonamides is 2. The van der Waals surface area contributed by atoms with E-state index in [0.29, 0.717) is 32.1 Å². The Labute approximate surface area is 151 Å². The molecule has 1 aliphatic rings. The number of likely N-dealkylation sites (N-methyl/N-ethyl adjacent to an activating group) is 1. The quantitative estimate of drug-likeness (QED) is 0.741. The molecular weight excluding hydrogens is 362 g/mol. The summed E-state index contributed by atoms with van der Waals surface area (Å²) >= 11 is 0. The number of benzene rings is 1. The van der Waals surface area contributed by atoms with E-state index in [0.717, 1.165) is 5.56 Å². The molecule has 1 saturated heterocycles. The van der Waals surface area contributed by atoms with Crippen molar-refractivity contribution in [2.75, 3.05) is 45.5 Å². The lowest BCUT2D eigenvalue weighted by molar-refractivity contribution is 0.222. The number of hydrogen-bond acceptors (Lipinski definition) is 5. The molecule has 1 heterocycles. The van der Waals surface area contributed by atoms with Gasteiger partial charge in [-0.2, -0.15) is 4.31 Å². The summed E-state index contributed by atoms with van der Waals surface area (Å²) in [6.07, 6.45) is 0. The Balaban J connectivity index is 1.93. The predicted octanol–water partition coefficient (Wildman–Crippen LogP) is 0.666. The van der Waals surface area contributed by atoms with Gasteiger partial charge < -0.3 is 4.90 Å². The lowest BCUT2D eigenvalue weighted by Gasteiger charge is -2.31. The second kappa shape index (κ2) is 8.13. The molecule has 1 aromatic rings. The van der Waals surface area contributed by atoms with Gasteiger partial charge >= 0.3 is 0 Å². The van der Waals surface area contributed by atoms with E-state index in [9.17, 15) is 16.8 Å². The van der Waals surface area contributed by atoms with Crippen molar-refractivity contribution in [3.8, 4) is 0 Å². The molecule has 0 aromatic heterocycles. The van der Waals surface area contributed by atoms with E-state index >= 15 is 0 Å². The zero-order valence-electron chi connectivity index (χ0n) is 15.0. The SMILES string of the molecule is CC(C)c1ccc(S(=O)(=O)NCCS(=O)(=O)N2CCN(C)CC2)cc1. The van der Waals surface area contributed by atoms with E-state index in [-0.39, 0.29) is 17.2 Å². The van der Waals surface area contributed by atoms with Gasteiger partial charge in [-0.25, -0.2) is 21.6 Å². The van der Waals surface area contributed by atoms with Gasteiger partial charge in [0.15, 0.2) is 0 Å². The summed E-state index contributed by atoms with van der Waals surface area (Å²) in [5.41, 5.74) is 1.05. The zero-order valence-corrected chi connectivity index (χ0v) is 16.6. The van der Waals surface area contributed by atoms with Gasteiger partial charge in [0.2, 0.25) is 20.0 Å². The molecule has 0 atom stereocenters. The third-order valence-corrected chi connectivity index (χ3v) is 7.71. The smallest absolute Gasteiger partial charge is 0.240 e. The molecule has 0 saturated carbocycles. The van der Waals surface area contributed by atoms with Crippen LogP contribution in [0.2, 0.25) is 0 Å². The standard InChI is InChI=1S/C16H27N3O4S2/c1-14(2)15-4-6-16(7-5-15)25(22,23)17-8-13-24(20,21)19-11-9-18(3)10-12-19/h4-7,14,17H,8-13H2,1-3H3. The Morgan fingerprint density at radius 2 is 1.56 bits per heavy atom. The molecule has 1 aromatic carbocycles. The van der Waals surface area contributed by atoms with E-state index in [1.165, 1.54) is 4.31 Å². The fraction of sp³-hybridized carbons (Fsp3) is 0.625. The van der Waals surface area contributed by atoms with Crippen molar-refractivity contribution in [1.82, 2.24) is 13.9 Å². The molecule has 2 rings (SSSR count). The van der Waals surface area contributed by atoms with Crippen LogP contribution in [0.4, 0.5) is 0 Å². The fourth-order valence-corrected chi connectivity index (χ4v) is 5.11. The highest BCUT2D eigenvalue weighted by Gasteiger charge is 2.26. The Morgan fingerprint density at radius 3 is 2.08 bits per heavy atom. The van der Waals surface area contributed by atoms with Gasteiger partial charge in [-0.05, 0) is 30.7 Å². The van der Waals surface area contributed by atoms with Crippen LogP contribution in [0.3, 0.4) is 0 Å². The van der Waals surface area contributed by atoms with Crippen molar-refractivity contribution < 1.29 is 16.8 Å². The largest absolute Gasteiger partial charge is 0.304 e. The highest BCUT2D eigenvalue weighted by molar-refractivity contribution is 7.90. The van der Waals surface area contributed by atoms with E-state index in [1.54, 1.807) is 24.3 Å². The number of hydrogen-bond donors (Lipinski definition) is 1. The van der Waals surface area contributed by atoms with Crippen LogP contribution >= 0.6 is 0 Å². The summed E-state index contributed by atoms with van der Waals surface area (Å²) < 4.78 is 53.0. The number of nitrogens with one attached hydrogen (secondary N) is 1. The summed E-state index contributed by atoms with van der Waals surface area (Å²) in [6.45, 7) is 6.20. The maximum atomic E-state index is 12.3. The van der Waals surface area contributed by atoms with Crippen LogP contribution in [0.1, 0.15) is 25.3 Å². The first kappa shape index (κ1) is 20.3. The van der Waals surface area contributed by atoms with Crippen LogP contribution in [-0.4, -0.2) is 71.6 Å². The van der Waals surface area contributed by atoms with Crippen LogP contribution in [-0.2, 0) is 20.0 Å². The third kappa shape index (κ3) is 5.49. The van der Waals surface area contributed by atoms with Gasteiger partial charge in [0.05, 0.1) is 10.6 Å². The van der Waals surface area contributed by atoms with Gasteiger partial charge in [0, 0.05) is 32.7 Å². The lowest BCUT2D eigenvalue weighted by atomic mass is 10.0. The van der Waals surface area contributed by atoms with E-state index in [2.05, 4.69) is 9.62 Å². The van der Waals surface area contributed by atoms with Crippen LogP contribution in [0, 0.1) is 0 Å². The maximum Gasteiger partial charge on any atom is 0.240 e. The van der Waals surface area contributed by atoms with Gasteiger partial charge in [-0.3, -0.25) is 0 Å². The number of piperazine rings is 1. The van der Waals surface area contributed by atoms with Gasteiger partial charge in [0.25, 0.3) is 0 Å². The number of nitrogens with zero attached hydrogens (tertiary/aromatic N) is 2. The summed E-state index contributed by atoms with van der Waals surface area (Å²) in [7, 11) is -5.21. The van der Waals surface area contributed by atoms with Gasteiger partial charge in [0.1, 0.15) is 0 Å².